The van der Waals surface area contributed by atoms with Gasteiger partial charge in [0.15, 0.2) is 5.03 Å². The maximum Gasteiger partial charge on any atom is 0.260 e. The molecule has 1 heterocycles. The number of anilines is 1. The largest absolute Gasteiger partial charge is 0.397 e. The van der Waals surface area contributed by atoms with Gasteiger partial charge in [-0.2, -0.15) is 4.31 Å². The minimum Gasteiger partial charge on any atom is -0.397 e. The third-order valence-electron chi connectivity index (χ3n) is 2.92. The summed E-state index contributed by atoms with van der Waals surface area (Å²) in [7, 11) is -3.60. The number of pyridine rings is 1. The van der Waals surface area contributed by atoms with E-state index in [0.717, 1.165) is 5.56 Å². The number of nitrogen functional groups attached to an aromatic ring is 1. The van der Waals surface area contributed by atoms with Crippen LogP contribution in [0.3, 0.4) is 0 Å². The molecule has 1 aromatic carbocycles. The van der Waals surface area contributed by atoms with Crippen molar-refractivity contribution >= 4 is 15.7 Å². The van der Waals surface area contributed by atoms with Crippen LogP contribution in [0.25, 0.3) is 0 Å². The van der Waals surface area contributed by atoms with Crippen LogP contribution in [0, 0.1) is 0 Å². The Kier molecular flexibility index (Phi) is 4.36. The molecule has 0 amide bonds. The highest BCUT2D eigenvalue weighted by Gasteiger charge is 2.24. The molecular formula is C14H17N3O2S. The summed E-state index contributed by atoms with van der Waals surface area (Å²) in [6, 6.07) is 12.4. The van der Waals surface area contributed by atoms with Crippen molar-refractivity contribution in [2.75, 3.05) is 12.3 Å². The van der Waals surface area contributed by atoms with Crippen molar-refractivity contribution in [3.8, 4) is 0 Å². The molecule has 2 N–H and O–H groups in total. The molecule has 2 rings (SSSR count). The SMILES string of the molecule is CCN(Cc1ccccc1)S(=O)(=O)c1ccc(N)cn1. The normalized spacial score (nSPS) is 11.7. The summed E-state index contributed by atoms with van der Waals surface area (Å²) in [5.74, 6) is 0. The zero-order valence-corrected chi connectivity index (χ0v) is 12.0. The van der Waals surface area contributed by atoms with Crippen molar-refractivity contribution in [3.63, 3.8) is 0 Å². The third kappa shape index (κ3) is 3.15. The van der Waals surface area contributed by atoms with E-state index in [2.05, 4.69) is 4.98 Å². The Bertz CT molecular complexity index is 655. The maximum absolute atomic E-state index is 12.5. The minimum absolute atomic E-state index is 0.0180. The molecule has 0 fully saturated rings. The molecule has 0 unspecified atom stereocenters. The van der Waals surface area contributed by atoms with Crippen LogP contribution in [0.2, 0.25) is 0 Å². The van der Waals surface area contributed by atoms with Crippen molar-refractivity contribution in [1.29, 1.82) is 0 Å². The van der Waals surface area contributed by atoms with E-state index in [-0.39, 0.29) is 5.03 Å². The van der Waals surface area contributed by atoms with Crippen LogP contribution in [0.5, 0.6) is 0 Å². The average molecular weight is 291 g/mol. The fourth-order valence-electron chi connectivity index (χ4n) is 1.83. The summed E-state index contributed by atoms with van der Waals surface area (Å²) in [5.41, 5.74) is 6.91. The molecule has 6 heteroatoms. The summed E-state index contributed by atoms with van der Waals surface area (Å²) < 4.78 is 26.4. The van der Waals surface area contributed by atoms with Gasteiger partial charge < -0.3 is 5.73 Å². The molecular weight excluding hydrogens is 274 g/mol. The second kappa shape index (κ2) is 6.02. The molecule has 0 saturated heterocycles. The molecule has 20 heavy (non-hydrogen) atoms. The molecule has 0 radical (unpaired) electrons. The first-order valence-electron chi connectivity index (χ1n) is 6.29. The lowest BCUT2D eigenvalue weighted by molar-refractivity contribution is 0.421. The van der Waals surface area contributed by atoms with Crippen LogP contribution in [0.4, 0.5) is 5.69 Å². The molecule has 2 aromatic rings. The van der Waals surface area contributed by atoms with E-state index < -0.39 is 10.0 Å². The van der Waals surface area contributed by atoms with Gasteiger partial charge in [0.05, 0.1) is 11.9 Å². The van der Waals surface area contributed by atoms with Crippen LogP contribution in [-0.2, 0) is 16.6 Å². The van der Waals surface area contributed by atoms with Crippen molar-refractivity contribution in [1.82, 2.24) is 9.29 Å². The van der Waals surface area contributed by atoms with Crippen LogP contribution in [0.1, 0.15) is 12.5 Å². The lowest BCUT2D eigenvalue weighted by Crippen LogP contribution is -2.31. The van der Waals surface area contributed by atoms with Crippen molar-refractivity contribution in [2.24, 2.45) is 0 Å². The standard InChI is InChI=1S/C14H17N3O2S/c1-2-17(11-12-6-4-3-5-7-12)20(18,19)14-9-8-13(15)10-16-14/h3-10H,2,11,15H2,1H3. The first-order valence-corrected chi connectivity index (χ1v) is 7.73. The third-order valence-corrected chi connectivity index (χ3v) is 4.76. The fourth-order valence-corrected chi connectivity index (χ4v) is 3.18. The summed E-state index contributed by atoms with van der Waals surface area (Å²) in [5, 5.41) is 0.0180. The van der Waals surface area contributed by atoms with Gasteiger partial charge in [0.1, 0.15) is 0 Å². The molecule has 0 spiro atoms. The molecule has 1 aromatic heterocycles. The van der Waals surface area contributed by atoms with E-state index in [1.807, 2.05) is 30.3 Å². The summed E-state index contributed by atoms with van der Waals surface area (Å²) >= 11 is 0. The molecule has 0 bridgehead atoms. The Balaban J connectivity index is 2.28. The molecule has 0 aliphatic heterocycles. The summed E-state index contributed by atoms with van der Waals surface area (Å²) in [4.78, 5) is 3.91. The van der Waals surface area contributed by atoms with Gasteiger partial charge in [-0.1, -0.05) is 37.3 Å². The van der Waals surface area contributed by atoms with E-state index in [4.69, 9.17) is 5.73 Å². The number of rotatable bonds is 5. The predicted molar refractivity (Wildman–Crippen MR) is 78.4 cm³/mol. The zero-order chi connectivity index (χ0) is 14.6. The fraction of sp³-hybridized carbons (Fsp3) is 0.214. The molecule has 0 saturated carbocycles. The van der Waals surface area contributed by atoms with Gasteiger partial charge in [-0.15, -0.1) is 0 Å². The van der Waals surface area contributed by atoms with Gasteiger partial charge in [0.2, 0.25) is 0 Å². The van der Waals surface area contributed by atoms with Gasteiger partial charge in [-0.05, 0) is 17.7 Å². The van der Waals surface area contributed by atoms with E-state index in [1.165, 1.54) is 22.6 Å². The van der Waals surface area contributed by atoms with E-state index in [1.54, 1.807) is 6.92 Å². The second-order valence-corrected chi connectivity index (χ2v) is 6.23. The number of nitrogens with zero attached hydrogens (tertiary/aromatic N) is 2. The number of hydrogen-bond acceptors (Lipinski definition) is 4. The molecule has 5 nitrogen and oxygen atoms in total. The second-order valence-electron chi connectivity index (χ2n) is 4.35. The van der Waals surface area contributed by atoms with Gasteiger partial charge in [-0.3, -0.25) is 0 Å². The topological polar surface area (TPSA) is 76.3 Å². The molecule has 0 aliphatic carbocycles. The van der Waals surface area contributed by atoms with Crippen molar-refractivity contribution < 1.29 is 8.42 Å². The summed E-state index contributed by atoms with van der Waals surface area (Å²) in [6.45, 7) is 2.51. The molecule has 0 aliphatic rings. The zero-order valence-electron chi connectivity index (χ0n) is 11.2. The van der Waals surface area contributed by atoms with Crippen LogP contribution < -0.4 is 5.73 Å². The Hall–Kier alpha value is -1.92. The Morgan fingerprint density at radius 3 is 2.40 bits per heavy atom. The van der Waals surface area contributed by atoms with Crippen molar-refractivity contribution in [3.05, 3.63) is 54.2 Å². The maximum atomic E-state index is 12.5. The Morgan fingerprint density at radius 1 is 1.15 bits per heavy atom. The highest BCUT2D eigenvalue weighted by molar-refractivity contribution is 7.89. The highest BCUT2D eigenvalue weighted by Crippen LogP contribution is 2.17. The van der Waals surface area contributed by atoms with Crippen molar-refractivity contribution in [2.45, 2.75) is 18.5 Å². The smallest absolute Gasteiger partial charge is 0.260 e. The number of benzene rings is 1. The number of sulfonamides is 1. The average Bonchev–Trinajstić information content (AvgIpc) is 2.46. The van der Waals surface area contributed by atoms with Crippen LogP contribution in [0.15, 0.2) is 53.7 Å². The van der Waals surface area contributed by atoms with E-state index in [9.17, 15) is 8.42 Å². The van der Waals surface area contributed by atoms with Gasteiger partial charge >= 0.3 is 0 Å². The Morgan fingerprint density at radius 2 is 1.85 bits per heavy atom. The van der Waals surface area contributed by atoms with Crippen LogP contribution >= 0.6 is 0 Å². The lowest BCUT2D eigenvalue weighted by Gasteiger charge is -2.20. The lowest BCUT2D eigenvalue weighted by atomic mass is 10.2. The van der Waals surface area contributed by atoms with Gasteiger partial charge in [0, 0.05) is 13.1 Å². The monoisotopic (exact) mass is 291 g/mol. The van der Waals surface area contributed by atoms with Gasteiger partial charge in [0.25, 0.3) is 10.0 Å². The number of nitrogens with two attached hydrogens (primary N) is 1. The minimum atomic E-state index is -3.60. The van der Waals surface area contributed by atoms with E-state index >= 15 is 0 Å². The summed E-state index contributed by atoms with van der Waals surface area (Å²) in [6.07, 6.45) is 1.35. The predicted octanol–water partition coefficient (Wildman–Crippen LogP) is 1.87. The first kappa shape index (κ1) is 14.5. The van der Waals surface area contributed by atoms with Gasteiger partial charge in [-0.25, -0.2) is 13.4 Å². The molecule has 106 valence electrons. The number of hydrogen-bond donors (Lipinski definition) is 1. The quantitative estimate of drug-likeness (QED) is 0.912. The van der Waals surface area contributed by atoms with E-state index in [0.29, 0.717) is 18.8 Å². The molecule has 0 atom stereocenters. The van der Waals surface area contributed by atoms with Crippen LogP contribution in [-0.4, -0.2) is 24.3 Å². The first-order chi connectivity index (χ1) is 9.54. The highest BCUT2D eigenvalue weighted by atomic mass is 32.2. The number of aromatic nitrogens is 1. The Labute approximate surface area is 119 Å².